The number of amides is 3. The second kappa shape index (κ2) is 8.10. The number of likely N-dealkylation sites (tertiary alicyclic amines) is 1. The molecule has 30 heavy (non-hydrogen) atoms. The molecule has 0 spiro atoms. The first kappa shape index (κ1) is 20.4. The first-order chi connectivity index (χ1) is 14.3. The van der Waals surface area contributed by atoms with Gasteiger partial charge >= 0.3 is 0 Å². The van der Waals surface area contributed by atoms with Crippen LogP contribution in [0, 0.1) is 19.7 Å². The summed E-state index contributed by atoms with van der Waals surface area (Å²) >= 11 is 0.842. The maximum absolute atomic E-state index is 13.7. The molecule has 4 rings (SSSR count). The number of aromatic nitrogens is 1. The molecule has 3 heterocycles. The lowest BCUT2D eigenvalue weighted by Crippen LogP contribution is -2.40. The Bertz CT molecular complexity index is 1070. The lowest BCUT2D eigenvalue weighted by Gasteiger charge is -2.18. The number of hydrogen-bond donors (Lipinski definition) is 0. The predicted octanol–water partition coefficient (Wildman–Crippen LogP) is 3.89. The van der Waals surface area contributed by atoms with Gasteiger partial charge in [0.25, 0.3) is 11.1 Å². The summed E-state index contributed by atoms with van der Waals surface area (Å²) in [5, 5.41) is -0.433. The van der Waals surface area contributed by atoms with E-state index < -0.39 is 11.1 Å². The zero-order chi connectivity index (χ0) is 21.4. The summed E-state index contributed by atoms with van der Waals surface area (Å²) in [6.07, 6.45) is 3.58. The van der Waals surface area contributed by atoms with Crippen LogP contribution >= 0.6 is 11.8 Å². The molecule has 0 atom stereocenters. The van der Waals surface area contributed by atoms with Crippen LogP contribution in [0.25, 0.3) is 11.8 Å². The van der Waals surface area contributed by atoms with Gasteiger partial charge in [-0.1, -0.05) is 6.07 Å². The van der Waals surface area contributed by atoms with Crippen molar-refractivity contribution in [2.24, 2.45) is 0 Å². The van der Waals surface area contributed by atoms with Gasteiger partial charge in [-0.05, 0) is 74.4 Å². The number of carbonyl (C=O) groups excluding carboxylic acids is 3. The van der Waals surface area contributed by atoms with Gasteiger partial charge < -0.3 is 9.47 Å². The molecule has 0 bridgehead atoms. The Morgan fingerprint density at radius 3 is 2.60 bits per heavy atom. The molecule has 0 aliphatic carbocycles. The first-order valence-electron chi connectivity index (χ1n) is 9.83. The molecule has 0 N–H and O–H groups in total. The van der Waals surface area contributed by atoms with E-state index in [9.17, 15) is 18.8 Å². The number of thioether (sulfide) groups is 1. The second-order valence-corrected chi connectivity index (χ2v) is 8.49. The van der Waals surface area contributed by atoms with Gasteiger partial charge in [0.05, 0.1) is 4.91 Å². The fraction of sp³-hybridized carbons (Fsp3) is 0.318. The fourth-order valence-electron chi connectivity index (χ4n) is 3.93. The predicted molar refractivity (Wildman–Crippen MR) is 114 cm³/mol. The Morgan fingerprint density at radius 1 is 1.17 bits per heavy atom. The Kier molecular flexibility index (Phi) is 5.51. The van der Waals surface area contributed by atoms with Crippen LogP contribution < -0.4 is 0 Å². The zero-order valence-corrected chi connectivity index (χ0v) is 17.7. The summed E-state index contributed by atoms with van der Waals surface area (Å²) in [6.45, 7) is 4.92. The zero-order valence-electron chi connectivity index (χ0n) is 16.9. The minimum absolute atomic E-state index is 0.194. The summed E-state index contributed by atoms with van der Waals surface area (Å²) in [5.41, 5.74) is 3.17. The van der Waals surface area contributed by atoms with Crippen molar-refractivity contribution in [1.29, 1.82) is 0 Å². The van der Waals surface area contributed by atoms with E-state index in [0.717, 1.165) is 46.5 Å². The van der Waals surface area contributed by atoms with Crippen LogP contribution in [0.1, 0.15) is 29.8 Å². The van der Waals surface area contributed by atoms with Crippen molar-refractivity contribution in [3.05, 3.63) is 58.0 Å². The molecule has 2 aliphatic rings. The molecule has 8 heteroatoms. The smallest absolute Gasteiger partial charge is 0.294 e. The van der Waals surface area contributed by atoms with Gasteiger partial charge in [0, 0.05) is 30.2 Å². The van der Waals surface area contributed by atoms with E-state index in [2.05, 4.69) is 0 Å². The maximum Gasteiger partial charge on any atom is 0.294 e. The highest BCUT2D eigenvalue weighted by Crippen LogP contribution is 2.34. The van der Waals surface area contributed by atoms with Crippen LogP contribution in [0.5, 0.6) is 0 Å². The van der Waals surface area contributed by atoms with Crippen LogP contribution in [0.15, 0.2) is 35.2 Å². The van der Waals surface area contributed by atoms with Crippen LogP contribution in [0.2, 0.25) is 0 Å². The maximum atomic E-state index is 13.7. The third-order valence-corrected chi connectivity index (χ3v) is 6.36. The standard InChI is InChI=1S/C22H22FN3O3S/c1-14-10-16(15(2)26(14)18-7-5-6-17(23)12-18)11-19-21(28)25(22(29)30-19)13-20(27)24-8-3-4-9-24/h5-7,10-12H,3-4,8-9,13H2,1-2H3/b19-11+. The Hall–Kier alpha value is -2.87. The van der Waals surface area contributed by atoms with Crippen molar-refractivity contribution >= 4 is 34.9 Å². The molecule has 156 valence electrons. The van der Waals surface area contributed by atoms with Crippen molar-refractivity contribution in [2.75, 3.05) is 19.6 Å². The van der Waals surface area contributed by atoms with E-state index in [1.54, 1.807) is 17.0 Å². The van der Waals surface area contributed by atoms with Gasteiger partial charge in [-0.2, -0.15) is 0 Å². The van der Waals surface area contributed by atoms with E-state index >= 15 is 0 Å². The third kappa shape index (κ3) is 3.79. The summed E-state index contributed by atoms with van der Waals surface area (Å²) in [4.78, 5) is 40.5. The molecular formula is C22H22FN3O3S. The van der Waals surface area contributed by atoms with Gasteiger partial charge in [0.2, 0.25) is 5.91 Å². The molecule has 1 aromatic carbocycles. The summed E-state index contributed by atoms with van der Waals surface area (Å²) in [7, 11) is 0. The Labute approximate surface area is 178 Å². The van der Waals surface area contributed by atoms with Crippen LogP contribution in [0.4, 0.5) is 9.18 Å². The lowest BCUT2D eigenvalue weighted by atomic mass is 10.2. The number of imide groups is 1. The Balaban J connectivity index is 1.58. The molecule has 2 fully saturated rings. The minimum Gasteiger partial charge on any atom is -0.341 e. The highest BCUT2D eigenvalue weighted by atomic mass is 32.2. The molecule has 2 aliphatic heterocycles. The SMILES string of the molecule is Cc1cc(/C=C2/SC(=O)N(CC(=O)N3CCCC3)C2=O)c(C)n1-c1cccc(F)c1. The van der Waals surface area contributed by atoms with Gasteiger partial charge in [0.15, 0.2) is 0 Å². The molecule has 6 nitrogen and oxygen atoms in total. The van der Waals surface area contributed by atoms with Gasteiger partial charge in [-0.15, -0.1) is 0 Å². The van der Waals surface area contributed by atoms with Crippen LogP contribution in [0.3, 0.4) is 0 Å². The minimum atomic E-state index is -0.451. The topological polar surface area (TPSA) is 62.6 Å². The van der Waals surface area contributed by atoms with Gasteiger partial charge in [-0.3, -0.25) is 19.3 Å². The van der Waals surface area contributed by atoms with Gasteiger partial charge in [0.1, 0.15) is 12.4 Å². The quantitative estimate of drug-likeness (QED) is 0.695. The first-order valence-corrected chi connectivity index (χ1v) is 10.6. The van der Waals surface area contributed by atoms with E-state index in [-0.39, 0.29) is 23.2 Å². The van der Waals surface area contributed by atoms with E-state index in [0.29, 0.717) is 18.8 Å². The van der Waals surface area contributed by atoms with E-state index in [1.807, 2.05) is 30.5 Å². The number of halogens is 1. The van der Waals surface area contributed by atoms with E-state index in [4.69, 9.17) is 0 Å². The molecule has 0 saturated carbocycles. The number of benzene rings is 1. The summed E-state index contributed by atoms with van der Waals surface area (Å²) in [6, 6.07) is 8.18. The number of aryl methyl sites for hydroxylation is 1. The van der Waals surface area contributed by atoms with E-state index in [1.165, 1.54) is 12.1 Å². The second-order valence-electron chi connectivity index (χ2n) is 7.50. The van der Waals surface area contributed by atoms with Crippen molar-refractivity contribution in [3.63, 3.8) is 0 Å². The molecular weight excluding hydrogens is 405 g/mol. The lowest BCUT2D eigenvalue weighted by molar-refractivity contribution is -0.135. The number of rotatable bonds is 4. The summed E-state index contributed by atoms with van der Waals surface area (Å²) < 4.78 is 15.6. The molecule has 1 aromatic heterocycles. The highest BCUT2D eigenvalue weighted by molar-refractivity contribution is 8.18. The monoisotopic (exact) mass is 427 g/mol. The molecule has 3 amide bonds. The molecule has 0 radical (unpaired) electrons. The molecule has 2 aromatic rings. The Morgan fingerprint density at radius 2 is 1.90 bits per heavy atom. The molecule has 2 saturated heterocycles. The third-order valence-electron chi connectivity index (χ3n) is 5.45. The molecule has 0 unspecified atom stereocenters. The highest BCUT2D eigenvalue weighted by Gasteiger charge is 2.37. The van der Waals surface area contributed by atoms with Crippen molar-refractivity contribution < 1.29 is 18.8 Å². The van der Waals surface area contributed by atoms with Crippen LogP contribution in [-0.2, 0) is 9.59 Å². The fourth-order valence-corrected chi connectivity index (χ4v) is 4.75. The average Bonchev–Trinajstić information content (AvgIpc) is 3.39. The van der Waals surface area contributed by atoms with Crippen LogP contribution in [-0.4, -0.2) is 51.1 Å². The average molecular weight is 428 g/mol. The largest absolute Gasteiger partial charge is 0.341 e. The number of carbonyl (C=O) groups is 3. The summed E-state index contributed by atoms with van der Waals surface area (Å²) in [5.74, 6) is -0.973. The van der Waals surface area contributed by atoms with Crippen molar-refractivity contribution in [1.82, 2.24) is 14.4 Å². The van der Waals surface area contributed by atoms with Crippen molar-refractivity contribution in [3.8, 4) is 5.69 Å². The number of nitrogens with zero attached hydrogens (tertiary/aromatic N) is 3. The van der Waals surface area contributed by atoms with Gasteiger partial charge in [-0.25, -0.2) is 4.39 Å². The normalized spacial score (nSPS) is 18.2. The number of hydrogen-bond acceptors (Lipinski definition) is 4. The van der Waals surface area contributed by atoms with Crippen molar-refractivity contribution in [2.45, 2.75) is 26.7 Å².